The van der Waals surface area contributed by atoms with Gasteiger partial charge in [-0.1, -0.05) is 24.3 Å². The summed E-state index contributed by atoms with van der Waals surface area (Å²) in [7, 11) is 0. The Labute approximate surface area is 192 Å². The Morgan fingerprint density at radius 1 is 0.697 bits per heavy atom. The summed E-state index contributed by atoms with van der Waals surface area (Å²) in [4.78, 5) is 14.7. The van der Waals surface area contributed by atoms with Gasteiger partial charge in [-0.05, 0) is 56.0 Å². The Morgan fingerprint density at radius 3 is 2.03 bits per heavy atom. The van der Waals surface area contributed by atoms with E-state index in [0.717, 1.165) is 80.4 Å². The predicted octanol–water partition coefficient (Wildman–Crippen LogP) is 4.70. The number of phenolic OH excluding ortho intramolecular Hbond substituents is 2. The largest absolute Gasteiger partial charge is 0.507 e. The molecule has 2 aliphatic heterocycles. The molecule has 0 unspecified atom stereocenters. The summed E-state index contributed by atoms with van der Waals surface area (Å²) < 4.78 is 1.96. The lowest BCUT2D eigenvalue weighted by Crippen LogP contribution is -2.24. The molecule has 0 radical (unpaired) electrons. The first kappa shape index (κ1) is 19.9. The number of phenols is 2. The van der Waals surface area contributed by atoms with E-state index in [1.807, 2.05) is 41.0 Å². The molecule has 0 spiro atoms. The molecular weight excluding hydrogens is 414 g/mol. The number of para-hydroxylation sites is 3. The van der Waals surface area contributed by atoms with Crippen LogP contribution in [0.2, 0.25) is 0 Å². The summed E-state index contributed by atoms with van der Waals surface area (Å²) in [5.41, 5.74) is 2.84. The van der Waals surface area contributed by atoms with Crippen molar-refractivity contribution in [3.63, 3.8) is 0 Å². The van der Waals surface area contributed by atoms with E-state index in [0.29, 0.717) is 11.3 Å². The van der Waals surface area contributed by atoms with E-state index in [9.17, 15) is 10.2 Å². The van der Waals surface area contributed by atoms with Gasteiger partial charge >= 0.3 is 0 Å². The van der Waals surface area contributed by atoms with Gasteiger partial charge in [0.15, 0.2) is 5.65 Å². The SMILES string of the molecule is Oc1ccccc1-c1cc2c(N3CCCC3)nc(N3CCCC3)nc2n1-c1ccccc1O. The maximum absolute atomic E-state index is 10.8. The summed E-state index contributed by atoms with van der Waals surface area (Å²) in [5.74, 6) is 2.02. The van der Waals surface area contributed by atoms with Crippen LogP contribution in [0.3, 0.4) is 0 Å². The van der Waals surface area contributed by atoms with Gasteiger partial charge < -0.3 is 20.0 Å². The lowest BCUT2D eigenvalue weighted by Gasteiger charge is -2.22. The highest BCUT2D eigenvalue weighted by molar-refractivity contribution is 5.96. The van der Waals surface area contributed by atoms with Gasteiger partial charge in [-0.2, -0.15) is 9.97 Å². The van der Waals surface area contributed by atoms with Gasteiger partial charge in [0.2, 0.25) is 5.95 Å². The number of anilines is 2. The highest BCUT2D eigenvalue weighted by Gasteiger charge is 2.26. The third-order valence-corrected chi connectivity index (χ3v) is 6.72. The van der Waals surface area contributed by atoms with E-state index in [1.54, 1.807) is 12.1 Å². The van der Waals surface area contributed by atoms with Crippen LogP contribution in [0.5, 0.6) is 11.5 Å². The van der Waals surface area contributed by atoms with Crippen LogP contribution in [-0.4, -0.2) is 50.9 Å². The lowest BCUT2D eigenvalue weighted by molar-refractivity contribution is 0.471. The van der Waals surface area contributed by atoms with Crippen molar-refractivity contribution < 1.29 is 10.2 Å². The minimum absolute atomic E-state index is 0.163. The van der Waals surface area contributed by atoms with E-state index in [2.05, 4.69) is 15.9 Å². The number of hydrogen-bond donors (Lipinski definition) is 2. The first-order chi connectivity index (χ1) is 16.2. The number of nitrogens with zero attached hydrogens (tertiary/aromatic N) is 5. The van der Waals surface area contributed by atoms with Crippen LogP contribution in [0.4, 0.5) is 11.8 Å². The first-order valence-corrected chi connectivity index (χ1v) is 11.7. The number of benzene rings is 2. The number of fused-ring (bicyclic) bond motifs is 1. The van der Waals surface area contributed by atoms with Crippen molar-refractivity contribution in [2.75, 3.05) is 36.0 Å². The van der Waals surface area contributed by atoms with E-state index in [1.165, 1.54) is 0 Å². The molecule has 2 aliphatic rings. The Balaban J connectivity index is 1.69. The smallest absolute Gasteiger partial charge is 0.229 e. The minimum atomic E-state index is 0.163. The normalized spacial score (nSPS) is 16.2. The molecule has 7 nitrogen and oxygen atoms in total. The van der Waals surface area contributed by atoms with Crippen molar-refractivity contribution in [3.8, 4) is 28.4 Å². The number of aromatic hydroxyl groups is 2. The number of hydrogen-bond acceptors (Lipinski definition) is 6. The Bertz CT molecular complexity index is 1320. The van der Waals surface area contributed by atoms with Crippen LogP contribution >= 0.6 is 0 Å². The van der Waals surface area contributed by atoms with Gasteiger partial charge in [-0.3, -0.25) is 4.57 Å². The zero-order valence-electron chi connectivity index (χ0n) is 18.5. The van der Waals surface area contributed by atoms with Gasteiger partial charge in [0.25, 0.3) is 0 Å². The molecule has 2 saturated heterocycles. The second kappa shape index (κ2) is 7.99. The second-order valence-electron chi connectivity index (χ2n) is 8.84. The predicted molar refractivity (Wildman–Crippen MR) is 131 cm³/mol. The molecule has 33 heavy (non-hydrogen) atoms. The first-order valence-electron chi connectivity index (χ1n) is 11.7. The van der Waals surface area contributed by atoms with Crippen LogP contribution in [0, 0.1) is 0 Å². The maximum Gasteiger partial charge on any atom is 0.229 e. The lowest BCUT2D eigenvalue weighted by atomic mass is 10.1. The summed E-state index contributed by atoms with van der Waals surface area (Å²) in [6, 6.07) is 16.6. The molecule has 0 aliphatic carbocycles. The summed E-state index contributed by atoms with van der Waals surface area (Å²) in [5, 5.41) is 22.4. The Kier molecular flexibility index (Phi) is 4.82. The van der Waals surface area contributed by atoms with E-state index in [-0.39, 0.29) is 11.5 Å². The molecule has 4 aromatic rings. The topological polar surface area (TPSA) is 77.7 Å². The molecule has 168 valence electrons. The number of aromatic nitrogens is 3. The Hall–Kier alpha value is -3.74. The van der Waals surface area contributed by atoms with Crippen molar-refractivity contribution in [2.24, 2.45) is 0 Å². The molecule has 2 fully saturated rings. The van der Waals surface area contributed by atoms with Gasteiger partial charge in [0.05, 0.1) is 16.8 Å². The van der Waals surface area contributed by atoms with Gasteiger partial charge in [-0.25, -0.2) is 0 Å². The van der Waals surface area contributed by atoms with Crippen LogP contribution in [0.1, 0.15) is 25.7 Å². The fourth-order valence-corrected chi connectivity index (χ4v) is 5.06. The van der Waals surface area contributed by atoms with Crippen LogP contribution in [0.25, 0.3) is 28.0 Å². The molecule has 0 bridgehead atoms. The van der Waals surface area contributed by atoms with E-state index in [4.69, 9.17) is 9.97 Å². The molecule has 0 atom stereocenters. The average Bonchev–Trinajstić information content (AvgIpc) is 3.60. The third-order valence-electron chi connectivity index (χ3n) is 6.72. The van der Waals surface area contributed by atoms with E-state index < -0.39 is 0 Å². The molecular formula is C26H27N5O2. The van der Waals surface area contributed by atoms with Crippen LogP contribution in [-0.2, 0) is 0 Å². The molecule has 0 amide bonds. The molecule has 2 aromatic carbocycles. The van der Waals surface area contributed by atoms with Gasteiger partial charge in [-0.15, -0.1) is 0 Å². The summed E-state index contributed by atoms with van der Waals surface area (Å²) in [6.07, 6.45) is 4.59. The summed E-state index contributed by atoms with van der Waals surface area (Å²) in [6.45, 7) is 3.85. The van der Waals surface area contributed by atoms with Crippen LogP contribution in [0.15, 0.2) is 54.6 Å². The molecule has 2 N–H and O–H groups in total. The molecule has 4 heterocycles. The fourth-order valence-electron chi connectivity index (χ4n) is 5.06. The quantitative estimate of drug-likeness (QED) is 0.478. The van der Waals surface area contributed by atoms with Crippen molar-refractivity contribution >= 4 is 22.8 Å². The monoisotopic (exact) mass is 441 g/mol. The highest BCUT2D eigenvalue weighted by Crippen LogP contribution is 2.41. The van der Waals surface area contributed by atoms with Crippen molar-refractivity contribution in [2.45, 2.75) is 25.7 Å². The van der Waals surface area contributed by atoms with Crippen molar-refractivity contribution in [3.05, 3.63) is 54.6 Å². The highest BCUT2D eigenvalue weighted by atomic mass is 16.3. The van der Waals surface area contributed by atoms with E-state index >= 15 is 0 Å². The number of rotatable bonds is 4. The Morgan fingerprint density at radius 2 is 1.33 bits per heavy atom. The maximum atomic E-state index is 10.8. The zero-order chi connectivity index (χ0) is 22.4. The van der Waals surface area contributed by atoms with Crippen LogP contribution < -0.4 is 9.80 Å². The fraction of sp³-hybridized carbons (Fsp3) is 0.308. The zero-order valence-corrected chi connectivity index (χ0v) is 18.5. The molecule has 6 rings (SSSR count). The summed E-state index contributed by atoms with van der Waals surface area (Å²) >= 11 is 0. The molecule has 0 saturated carbocycles. The minimum Gasteiger partial charge on any atom is -0.507 e. The molecule has 2 aromatic heterocycles. The van der Waals surface area contributed by atoms with Gasteiger partial charge in [0, 0.05) is 31.7 Å². The van der Waals surface area contributed by atoms with Crippen molar-refractivity contribution in [1.82, 2.24) is 14.5 Å². The van der Waals surface area contributed by atoms with Gasteiger partial charge in [0.1, 0.15) is 17.3 Å². The standard InChI is InChI=1S/C26H27N5O2/c32-22-11-3-1-9-18(22)21-17-19-24(29-13-5-6-14-29)27-26(30-15-7-8-16-30)28-25(19)31(21)20-10-2-4-12-23(20)33/h1-4,9-12,17,32-33H,5-8,13-16H2. The average molecular weight is 442 g/mol. The molecule has 7 heteroatoms. The second-order valence-corrected chi connectivity index (χ2v) is 8.84. The van der Waals surface area contributed by atoms with Crippen molar-refractivity contribution in [1.29, 1.82) is 0 Å². The third kappa shape index (κ3) is 3.35.